The van der Waals surface area contributed by atoms with Crippen LogP contribution in [0, 0.1) is 0 Å². The molecule has 0 unspecified atom stereocenters. The normalized spacial score (nSPS) is 9.18. The Morgan fingerprint density at radius 2 is 2.09 bits per heavy atom. The molecule has 0 radical (unpaired) electrons. The molecule has 0 aromatic heterocycles. The zero-order valence-corrected chi connectivity index (χ0v) is 5.99. The van der Waals surface area contributed by atoms with Crippen molar-refractivity contribution in [1.82, 2.24) is 5.48 Å². The minimum atomic E-state index is -1.12. The number of hydrogen-bond acceptors (Lipinski definition) is 4. The number of rotatable bonds is 5. The van der Waals surface area contributed by atoms with Gasteiger partial charge in [0.05, 0.1) is 7.11 Å². The molecule has 0 bridgehead atoms. The minimum absolute atomic E-state index is 0.319. The second-order valence-corrected chi connectivity index (χ2v) is 1.62. The minimum Gasteiger partial charge on any atom is -0.480 e. The molecule has 0 aromatic carbocycles. The Kier molecular flexibility index (Phi) is 5.05. The first-order valence-electron chi connectivity index (χ1n) is 2.78. The summed E-state index contributed by atoms with van der Waals surface area (Å²) in [6.07, 6.45) is 0. The van der Waals surface area contributed by atoms with Gasteiger partial charge in [0.25, 0.3) is 5.91 Å². The van der Waals surface area contributed by atoms with Crippen LogP contribution in [0.5, 0.6) is 0 Å². The lowest BCUT2D eigenvalue weighted by Crippen LogP contribution is -2.27. The number of carboxylic acids is 1. The van der Waals surface area contributed by atoms with Crippen LogP contribution in [0.25, 0.3) is 0 Å². The Labute approximate surface area is 63.0 Å². The predicted molar refractivity (Wildman–Crippen MR) is 33.6 cm³/mol. The van der Waals surface area contributed by atoms with Crippen LogP contribution in [0.3, 0.4) is 0 Å². The smallest absolute Gasteiger partial charge is 0.329 e. The van der Waals surface area contributed by atoms with E-state index in [9.17, 15) is 9.59 Å². The number of amides is 1. The Morgan fingerprint density at radius 3 is 2.55 bits per heavy atom. The molecule has 0 fully saturated rings. The highest BCUT2D eigenvalue weighted by Crippen LogP contribution is 1.74. The summed E-state index contributed by atoms with van der Waals surface area (Å²) in [5, 5.41) is 8.07. The summed E-state index contributed by atoms with van der Waals surface area (Å²) in [7, 11) is 1.27. The monoisotopic (exact) mass is 163 g/mol. The highest BCUT2D eigenvalue weighted by atomic mass is 16.6. The second kappa shape index (κ2) is 5.63. The molecular formula is C5H9NO5. The molecule has 0 saturated carbocycles. The zero-order chi connectivity index (χ0) is 8.69. The molecule has 11 heavy (non-hydrogen) atoms. The third kappa shape index (κ3) is 6.75. The molecule has 0 rings (SSSR count). The third-order valence-corrected chi connectivity index (χ3v) is 0.675. The first-order chi connectivity index (χ1) is 5.16. The molecule has 64 valence electrons. The van der Waals surface area contributed by atoms with E-state index in [1.807, 2.05) is 5.48 Å². The van der Waals surface area contributed by atoms with Gasteiger partial charge in [0.1, 0.15) is 13.2 Å². The molecule has 0 atom stereocenters. The summed E-state index contributed by atoms with van der Waals surface area (Å²) in [4.78, 5) is 24.6. The van der Waals surface area contributed by atoms with Gasteiger partial charge >= 0.3 is 5.97 Å². The molecule has 0 aliphatic carbocycles. The molecule has 0 aromatic rings. The Bertz CT molecular complexity index is 146. The average molecular weight is 163 g/mol. The fourth-order valence-corrected chi connectivity index (χ4v) is 0.374. The molecule has 6 heteroatoms. The van der Waals surface area contributed by atoms with E-state index >= 15 is 0 Å². The maximum atomic E-state index is 10.5. The van der Waals surface area contributed by atoms with Gasteiger partial charge in [-0.25, -0.2) is 10.3 Å². The number of nitrogens with one attached hydrogen (secondary N) is 1. The van der Waals surface area contributed by atoms with E-state index < -0.39 is 18.5 Å². The number of ether oxygens (including phenoxy) is 1. The van der Waals surface area contributed by atoms with Crippen LogP contribution >= 0.6 is 0 Å². The summed E-state index contributed by atoms with van der Waals surface area (Å²) >= 11 is 0. The number of carbonyl (C=O) groups excluding carboxylic acids is 1. The number of hydroxylamine groups is 1. The number of hydrogen-bond donors (Lipinski definition) is 2. The van der Waals surface area contributed by atoms with E-state index in [2.05, 4.69) is 9.57 Å². The molecule has 0 heterocycles. The van der Waals surface area contributed by atoms with Crippen LogP contribution in [0.4, 0.5) is 0 Å². The highest BCUT2D eigenvalue weighted by Gasteiger charge is 2.01. The molecule has 0 spiro atoms. The van der Waals surface area contributed by atoms with Crippen LogP contribution in [0.15, 0.2) is 0 Å². The fourth-order valence-electron chi connectivity index (χ4n) is 0.374. The Hall–Kier alpha value is -1.14. The summed E-state index contributed by atoms with van der Waals surface area (Å²) in [6, 6.07) is 0. The van der Waals surface area contributed by atoms with E-state index in [1.54, 1.807) is 0 Å². The first-order valence-corrected chi connectivity index (χ1v) is 2.78. The molecule has 6 nitrogen and oxygen atoms in total. The SMILES string of the molecule is CONC(=O)COCC(=O)O. The van der Waals surface area contributed by atoms with Crippen LogP contribution in [0.1, 0.15) is 0 Å². The van der Waals surface area contributed by atoms with Crippen LogP contribution in [0.2, 0.25) is 0 Å². The van der Waals surface area contributed by atoms with Crippen molar-refractivity contribution in [1.29, 1.82) is 0 Å². The van der Waals surface area contributed by atoms with Crippen molar-refractivity contribution in [2.24, 2.45) is 0 Å². The molecule has 1 amide bonds. The van der Waals surface area contributed by atoms with Gasteiger partial charge in [0, 0.05) is 0 Å². The number of carbonyl (C=O) groups is 2. The molecule has 0 saturated heterocycles. The number of aliphatic carboxylic acids is 1. The summed E-state index contributed by atoms with van der Waals surface area (Å²) in [6.45, 7) is -0.808. The standard InChI is InChI=1S/C5H9NO5/c1-10-6-4(7)2-11-3-5(8)9/h2-3H2,1H3,(H,6,7)(H,8,9). The van der Waals surface area contributed by atoms with Crippen molar-refractivity contribution in [3.63, 3.8) is 0 Å². The summed E-state index contributed by atoms with van der Waals surface area (Å²) in [5.74, 6) is -1.64. The van der Waals surface area contributed by atoms with E-state index in [1.165, 1.54) is 7.11 Å². The van der Waals surface area contributed by atoms with Crippen molar-refractivity contribution in [2.75, 3.05) is 20.3 Å². The zero-order valence-electron chi connectivity index (χ0n) is 5.99. The lowest BCUT2D eigenvalue weighted by atomic mass is 10.6. The first kappa shape index (κ1) is 9.86. The van der Waals surface area contributed by atoms with E-state index in [4.69, 9.17) is 5.11 Å². The van der Waals surface area contributed by atoms with Gasteiger partial charge in [-0.2, -0.15) is 0 Å². The maximum Gasteiger partial charge on any atom is 0.329 e. The van der Waals surface area contributed by atoms with Crippen molar-refractivity contribution in [3.8, 4) is 0 Å². The fraction of sp³-hybridized carbons (Fsp3) is 0.600. The second-order valence-electron chi connectivity index (χ2n) is 1.62. The van der Waals surface area contributed by atoms with Crippen LogP contribution in [-0.4, -0.2) is 37.3 Å². The highest BCUT2D eigenvalue weighted by molar-refractivity contribution is 5.76. The van der Waals surface area contributed by atoms with Crippen molar-refractivity contribution in [2.45, 2.75) is 0 Å². The van der Waals surface area contributed by atoms with E-state index in [-0.39, 0.29) is 6.61 Å². The lowest BCUT2D eigenvalue weighted by Gasteiger charge is -2.00. The predicted octanol–water partition coefficient (Wildman–Crippen LogP) is -1.23. The van der Waals surface area contributed by atoms with Gasteiger partial charge in [-0.05, 0) is 0 Å². The van der Waals surface area contributed by atoms with Crippen molar-refractivity contribution >= 4 is 11.9 Å². The summed E-state index contributed by atoms with van der Waals surface area (Å²) in [5.41, 5.74) is 1.96. The third-order valence-electron chi connectivity index (χ3n) is 0.675. The Balaban J connectivity index is 3.24. The molecular weight excluding hydrogens is 154 g/mol. The van der Waals surface area contributed by atoms with Crippen molar-refractivity contribution < 1.29 is 24.3 Å². The molecule has 0 aliphatic rings. The quantitative estimate of drug-likeness (QED) is 0.495. The van der Waals surface area contributed by atoms with Gasteiger partial charge < -0.3 is 9.84 Å². The number of carboxylic acid groups (broad SMARTS) is 1. The van der Waals surface area contributed by atoms with Crippen LogP contribution < -0.4 is 5.48 Å². The molecule has 2 N–H and O–H groups in total. The lowest BCUT2D eigenvalue weighted by molar-refractivity contribution is -0.145. The van der Waals surface area contributed by atoms with Gasteiger partial charge in [-0.3, -0.25) is 9.63 Å². The topological polar surface area (TPSA) is 84.9 Å². The van der Waals surface area contributed by atoms with Gasteiger partial charge in [-0.1, -0.05) is 0 Å². The van der Waals surface area contributed by atoms with Gasteiger partial charge in [-0.15, -0.1) is 0 Å². The van der Waals surface area contributed by atoms with Gasteiger partial charge in [0.15, 0.2) is 0 Å². The Morgan fingerprint density at radius 1 is 1.45 bits per heavy atom. The van der Waals surface area contributed by atoms with E-state index in [0.29, 0.717) is 0 Å². The van der Waals surface area contributed by atoms with Crippen molar-refractivity contribution in [3.05, 3.63) is 0 Å². The average Bonchev–Trinajstić information content (AvgIpc) is 1.87. The largest absolute Gasteiger partial charge is 0.480 e. The van der Waals surface area contributed by atoms with Gasteiger partial charge in [0.2, 0.25) is 0 Å². The summed E-state index contributed by atoms with van der Waals surface area (Å²) < 4.78 is 4.42. The maximum absolute atomic E-state index is 10.5. The van der Waals surface area contributed by atoms with E-state index in [0.717, 1.165) is 0 Å². The molecule has 0 aliphatic heterocycles. The van der Waals surface area contributed by atoms with Crippen LogP contribution in [-0.2, 0) is 19.2 Å².